The summed E-state index contributed by atoms with van der Waals surface area (Å²) in [6.45, 7) is 16.2. The van der Waals surface area contributed by atoms with Crippen LogP contribution in [0.5, 0.6) is 0 Å². The largest absolute Gasteiger partial charge is 0.333 e. The Labute approximate surface area is 124 Å². The Hall–Kier alpha value is -0.870. The highest BCUT2D eigenvalue weighted by Crippen LogP contribution is 2.23. The summed E-state index contributed by atoms with van der Waals surface area (Å²) in [5.41, 5.74) is 7.21. The lowest BCUT2D eigenvalue weighted by molar-refractivity contribution is 0.167. The zero-order valence-corrected chi connectivity index (χ0v) is 14.0. The van der Waals surface area contributed by atoms with Gasteiger partial charge in [0.25, 0.3) is 0 Å². The second kappa shape index (κ2) is 7.79. The monoisotopic (exact) mass is 280 g/mol. The minimum Gasteiger partial charge on any atom is -0.333 e. The number of rotatable bonds is 8. The van der Waals surface area contributed by atoms with Crippen molar-refractivity contribution in [2.24, 2.45) is 11.7 Å². The van der Waals surface area contributed by atoms with Crippen LogP contribution in [0.2, 0.25) is 0 Å². The predicted molar refractivity (Wildman–Crippen MR) is 85.8 cm³/mol. The second-order valence-electron chi connectivity index (χ2n) is 6.52. The van der Waals surface area contributed by atoms with Gasteiger partial charge in [-0.1, -0.05) is 13.8 Å². The maximum absolute atomic E-state index is 5.93. The third kappa shape index (κ3) is 4.32. The van der Waals surface area contributed by atoms with E-state index in [1.165, 1.54) is 5.69 Å². The summed E-state index contributed by atoms with van der Waals surface area (Å²) >= 11 is 0. The summed E-state index contributed by atoms with van der Waals surface area (Å²) in [5.74, 6) is 0.936. The molecule has 0 aliphatic heterocycles. The Balaban J connectivity index is 2.76. The summed E-state index contributed by atoms with van der Waals surface area (Å²) in [6.07, 6.45) is 3.92. The Kier molecular flexibility index (Phi) is 6.69. The molecule has 0 bridgehead atoms. The third-order valence-electron chi connectivity index (χ3n) is 4.11. The van der Waals surface area contributed by atoms with E-state index in [-0.39, 0.29) is 0 Å². The minimum atomic E-state index is 0.393. The highest BCUT2D eigenvalue weighted by Gasteiger charge is 2.19. The second-order valence-corrected chi connectivity index (χ2v) is 6.52. The van der Waals surface area contributed by atoms with Crippen molar-refractivity contribution in [2.45, 2.75) is 66.1 Å². The molecule has 0 spiro atoms. The van der Waals surface area contributed by atoms with Gasteiger partial charge in [-0.25, -0.2) is 4.98 Å². The first-order valence-corrected chi connectivity index (χ1v) is 7.84. The molecule has 116 valence electrons. The lowest BCUT2D eigenvalue weighted by atomic mass is 9.93. The van der Waals surface area contributed by atoms with Crippen molar-refractivity contribution in [2.75, 3.05) is 13.1 Å². The van der Waals surface area contributed by atoms with Crippen LogP contribution in [-0.4, -0.2) is 39.6 Å². The van der Waals surface area contributed by atoms with Crippen molar-refractivity contribution < 1.29 is 0 Å². The first-order valence-electron chi connectivity index (χ1n) is 7.84. The molecule has 1 unspecified atom stereocenters. The summed E-state index contributed by atoms with van der Waals surface area (Å²) in [5, 5.41) is 0. The van der Waals surface area contributed by atoms with Crippen LogP contribution in [0.4, 0.5) is 0 Å². The van der Waals surface area contributed by atoms with Crippen molar-refractivity contribution in [3.63, 3.8) is 0 Å². The number of hydrogen-bond acceptors (Lipinski definition) is 3. The van der Waals surface area contributed by atoms with Crippen LogP contribution < -0.4 is 5.73 Å². The van der Waals surface area contributed by atoms with Crippen molar-refractivity contribution in [1.82, 2.24) is 14.5 Å². The molecular formula is C16H32N4. The van der Waals surface area contributed by atoms with Crippen LogP contribution >= 0.6 is 0 Å². The van der Waals surface area contributed by atoms with Crippen molar-refractivity contribution in [1.29, 1.82) is 0 Å². The summed E-state index contributed by atoms with van der Waals surface area (Å²) in [4.78, 5) is 6.84. The first kappa shape index (κ1) is 17.2. The van der Waals surface area contributed by atoms with E-state index in [0.29, 0.717) is 30.5 Å². The van der Waals surface area contributed by atoms with Gasteiger partial charge in [-0.3, -0.25) is 4.90 Å². The molecule has 1 aromatic rings. The molecule has 0 aromatic carbocycles. The lowest BCUT2D eigenvalue weighted by Crippen LogP contribution is -2.39. The van der Waals surface area contributed by atoms with Gasteiger partial charge in [0.15, 0.2) is 0 Å². The summed E-state index contributed by atoms with van der Waals surface area (Å²) in [6, 6.07) is 1.13. The molecule has 4 heteroatoms. The molecular weight excluding hydrogens is 248 g/mol. The van der Waals surface area contributed by atoms with Gasteiger partial charge in [-0.2, -0.15) is 0 Å². The van der Waals surface area contributed by atoms with Crippen LogP contribution in [0, 0.1) is 5.92 Å². The molecule has 20 heavy (non-hydrogen) atoms. The fourth-order valence-electron chi connectivity index (χ4n) is 2.90. The maximum atomic E-state index is 5.93. The molecule has 0 amide bonds. The van der Waals surface area contributed by atoms with Crippen molar-refractivity contribution in [3.05, 3.63) is 18.2 Å². The van der Waals surface area contributed by atoms with Crippen LogP contribution in [0.25, 0.3) is 0 Å². The zero-order chi connectivity index (χ0) is 15.3. The fourth-order valence-corrected chi connectivity index (χ4v) is 2.90. The molecule has 0 aliphatic carbocycles. The Morgan fingerprint density at radius 3 is 2.20 bits per heavy atom. The number of imidazole rings is 1. The molecule has 1 heterocycles. The number of hydrogen-bond donors (Lipinski definition) is 1. The van der Waals surface area contributed by atoms with E-state index >= 15 is 0 Å². The minimum absolute atomic E-state index is 0.393. The SMILES string of the molecule is CC(C)C(CN)c1cncn1CCN(C(C)C)C(C)C. The molecule has 2 N–H and O–H groups in total. The average Bonchev–Trinajstić information content (AvgIpc) is 2.77. The Morgan fingerprint density at radius 2 is 1.75 bits per heavy atom. The van der Waals surface area contributed by atoms with E-state index < -0.39 is 0 Å². The number of nitrogens with two attached hydrogens (primary N) is 1. The highest BCUT2D eigenvalue weighted by atomic mass is 15.2. The smallest absolute Gasteiger partial charge is 0.0948 e. The standard InChI is InChI=1S/C16H32N4/c1-12(2)15(9-17)16-10-18-11-19(16)7-8-20(13(3)4)14(5)6/h10-15H,7-9,17H2,1-6H3. The van der Waals surface area contributed by atoms with Gasteiger partial charge in [-0.15, -0.1) is 0 Å². The molecule has 0 fully saturated rings. The molecule has 0 aliphatic rings. The van der Waals surface area contributed by atoms with Crippen LogP contribution in [-0.2, 0) is 6.54 Å². The van der Waals surface area contributed by atoms with Gasteiger partial charge in [0.1, 0.15) is 0 Å². The van der Waals surface area contributed by atoms with Gasteiger partial charge < -0.3 is 10.3 Å². The first-order chi connectivity index (χ1) is 9.38. The highest BCUT2D eigenvalue weighted by molar-refractivity contribution is 5.08. The van der Waals surface area contributed by atoms with E-state index in [1.807, 2.05) is 12.5 Å². The van der Waals surface area contributed by atoms with Crippen molar-refractivity contribution >= 4 is 0 Å². The molecule has 1 rings (SSSR count). The van der Waals surface area contributed by atoms with Gasteiger partial charge >= 0.3 is 0 Å². The molecule has 0 saturated carbocycles. The number of nitrogens with zero attached hydrogens (tertiary/aromatic N) is 3. The van der Waals surface area contributed by atoms with Gasteiger partial charge in [0, 0.05) is 49.5 Å². The van der Waals surface area contributed by atoms with Crippen LogP contribution in [0.3, 0.4) is 0 Å². The molecule has 0 radical (unpaired) electrons. The van der Waals surface area contributed by atoms with Crippen LogP contribution in [0.1, 0.15) is 53.2 Å². The van der Waals surface area contributed by atoms with Crippen LogP contribution in [0.15, 0.2) is 12.5 Å². The van der Waals surface area contributed by atoms with Gasteiger partial charge in [0.2, 0.25) is 0 Å². The molecule has 1 atom stereocenters. The topological polar surface area (TPSA) is 47.1 Å². The third-order valence-corrected chi connectivity index (χ3v) is 4.11. The molecule has 4 nitrogen and oxygen atoms in total. The quantitative estimate of drug-likeness (QED) is 0.796. The average molecular weight is 280 g/mol. The van der Waals surface area contributed by atoms with E-state index in [1.54, 1.807) is 0 Å². The maximum Gasteiger partial charge on any atom is 0.0948 e. The summed E-state index contributed by atoms with van der Waals surface area (Å²) in [7, 11) is 0. The lowest BCUT2D eigenvalue weighted by Gasteiger charge is -2.31. The Bertz CT molecular complexity index is 374. The normalized spacial score (nSPS) is 13.9. The van der Waals surface area contributed by atoms with Gasteiger partial charge in [0.05, 0.1) is 6.33 Å². The summed E-state index contributed by atoms with van der Waals surface area (Å²) < 4.78 is 2.27. The number of aromatic nitrogens is 2. The van der Waals surface area contributed by atoms with E-state index in [4.69, 9.17) is 5.73 Å². The van der Waals surface area contributed by atoms with E-state index in [0.717, 1.165) is 13.1 Å². The van der Waals surface area contributed by atoms with E-state index in [2.05, 4.69) is 56.0 Å². The fraction of sp³-hybridized carbons (Fsp3) is 0.812. The molecule has 1 aromatic heterocycles. The zero-order valence-electron chi connectivity index (χ0n) is 14.0. The van der Waals surface area contributed by atoms with Crippen molar-refractivity contribution in [3.8, 4) is 0 Å². The predicted octanol–water partition coefficient (Wildman–Crippen LogP) is 2.70. The molecule has 0 saturated heterocycles. The Morgan fingerprint density at radius 1 is 1.15 bits per heavy atom. The van der Waals surface area contributed by atoms with Gasteiger partial charge in [-0.05, 0) is 33.6 Å². The van der Waals surface area contributed by atoms with E-state index in [9.17, 15) is 0 Å².